The Hall–Kier alpha value is -2.95. The molecule has 1 aromatic carbocycles. The summed E-state index contributed by atoms with van der Waals surface area (Å²) in [6.07, 6.45) is 7.74. The average molecular weight is 485 g/mol. The van der Waals surface area contributed by atoms with Crippen LogP contribution in [0.25, 0.3) is 5.69 Å². The molecule has 0 aliphatic carbocycles. The minimum atomic E-state index is -3.15. The van der Waals surface area contributed by atoms with Gasteiger partial charge in [-0.1, -0.05) is 6.07 Å². The Labute approximate surface area is 198 Å². The zero-order valence-corrected chi connectivity index (χ0v) is 19.9. The molecule has 34 heavy (non-hydrogen) atoms. The van der Waals surface area contributed by atoms with Crippen LogP contribution in [0.15, 0.2) is 58.2 Å². The van der Waals surface area contributed by atoms with Gasteiger partial charge in [0.15, 0.2) is 0 Å². The molecular weight excluding hydrogens is 456 g/mol. The van der Waals surface area contributed by atoms with E-state index in [0.29, 0.717) is 44.8 Å². The van der Waals surface area contributed by atoms with Gasteiger partial charge in [-0.15, -0.1) is 0 Å². The Kier molecular flexibility index (Phi) is 6.28. The number of rotatable bonds is 7. The first-order valence-corrected chi connectivity index (χ1v) is 13.2. The molecule has 2 aliphatic rings. The van der Waals surface area contributed by atoms with E-state index in [9.17, 15) is 13.2 Å². The van der Waals surface area contributed by atoms with Gasteiger partial charge in [0.25, 0.3) is 0 Å². The lowest BCUT2D eigenvalue weighted by Crippen LogP contribution is -2.39. The second kappa shape index (κ2) is 9.36. The van der Waals surface area contributed by atoms with Gasteiger partial charge in [0.1, 0.15) is 12.0 Å². The summed E-state index contributed by atoms with van der Waals surface area (Å²) in [4.78, 5) is 14.8. The summed E-state index contributed by atoms with van der Waals surface area (Å²) in [6, 6.07) is 9.73. The molecule has 0 N–H and O–H groups in total. The Morgan fingerprint density at radius 2 is 1.94 bits per heavy atom. The van der Waals surface area contributed by atoms with Gasteiger partial charge in [0.2, 0.25) is 21.2 Å². The largest absolute Gasteiger partial charge is 0.486 e. The number of hydrogen-bond donors (Lipinski definition) is 0. The van der Waals surface area contributed by atoms with Crippen molar-refractivity contribution in [2.75, 3.05) is 26.0 Å². The number of sulfonamides is 1. The predicted molar refractivity (Wildman–Crippen MR) is 126 cm³/mol. The van der Waals surface area contributed by atoms with Crippen molar-refractivity contribution in [3.63, 3.8) is 0 Å². The normalized spacial score (nSPS) is 17.7. The van der Waals surface area contributed by atoms with E-state index >= 15 is 0 Å². The topological polar surface area (TPSA) is 97.9 Å². The average Bonchev–Trinajstić information content (AvgIpc) is 3.47. The molecule has 5 rings (SSSR count). The lowest BCUT2D eigenvalue weighted by Gasteiger charge is -2.29. The second-order valence-corrected chi connectivity index (χ2v) is 11.0. The highest BCUT2D eigenvalue weighted by molar-refractivity contribution is 7.88. The van der Waals surface area contributed by atoms with Gasteiger partial charge in [-0.25, -0.2) is 17.4 Å². The molecule has 9 nitrogen and oxygen atoms in total. The molecule has 3 aromatic rings. The molecule has 10 heteroatoms. The maximum atomic E-state index is 12.6. The van der Waals surface area contributed by atoms with Crippen molar-refractivity contribution in [3.8, 4) is 11.4 Å². The fourth-order valence-electron chi connectivity index (χ4n) is 4.59. The van der Waals surface area contributed by atoms with E-state index < -0.39 is 10.0 Å². The zero-order chi connectivity index (χ0) is 23.7. The number of piperidine rings is 1. The molecule has 4 heterocycles. The smallest absolute Gasteiger partial charge is 0.227 e. The Morgan fingerprint density at radius 3 is 2.65 bits per heavy atom. The Balaban J connectivity index is 1.15. The lowest BCUT2D eigenvalue weighted by molar-refractivity contribution is 0.180. The fourth-order valence-corrected chi connectivity index (χ4v) is 5.46. The summed E-state index contributed by atoms with van der Waals surface area (Å²) >= 11 is 0. The van der Waals surface area contributed by atoms with Crippen molar-refractivity contribution in [3.05, 3.63) is 76.1 Å². The maximum absolute atomic E-state index is 12.6. The van der Waals surface area contributed by atoms with Crippen LogP contribution in [0, 0.1) is 5.92 Å². The van der Waals surface area contributed by atoms with Crippen molar-refractivity contribution in [1.29, 1.82) is 0 Å². The quantitative estimate of drug-likeness (QED) is 0.508. The molecule has 1 saturated heterocycles. The van der Waals surface area contributed by atoms with Crippen LogP contribution in [0.4, 0.5) is 0 Å². The third kappa shape index (κ3) is 5.08. The third-order valence-corrected chi connectivity index (χ3v) is 7.80. The van der Waals surface area contributed by atoms with Crippen LogP contribution in [0.2, 0.25) is 0 Å². The van der Waals surface area contributed by atoms with Gasteiger partial charge in [0.05, 0.1) is 25.1 Å². The predicted octanol–water partition coefficient (Wildman–Crippen LogP) is 2.39. The first kappa shape index (κ1) is 22.8. The molecular formula is C24H28N4O5S. The van der Waals surface area contributed by atoms with E-state index in [1.807, 2.05) is 16.9 Å². The molecule has 0 atom stereocenters. The SMILES string of the molecule is CS(=O)(=O)N1CCC(COc2coc(CN3Cc4ccc(-n5cccn5)cc4C3)cc2=O)CC1. The minimum absolute atomic E-state index is 0.197. The van der Waals surface area contributed by atoms with E-state index in [-0.39, 0.29) is 17.1 Å². The van der Waals surface area contributed by atoms with E-state index in [4.69, 9.17) is 9.15 Å². The Bertz CT molecular complexity index is 1310. The standard InChI is InChI=1S/C24H28N4O5S/c1-34(30,31)27-9-5-18(6-10-27)16-33-24-17-32-22(12-23(24)29)15-26-13-19-3-4-21(11-20(19)14-26)28-8-2-7-25-28/h2-4,7-8,11-12,17-18H,5-6,9-10,13-16H2,1H3. The van der Waals surface area contributed by atoms with Crippen molar-refractivity contribution < 1.29 is 17.6 Å². The van der Waals surface area contributed by atoms with Crippen LogP contribution >= 0.6 is 0 Å². The summed E-state index contributed by atoms with van der Waals surface area (Å²) in [5.74, 6) is 1.01. The van der Waals surface area contributed by atoms with Crippen molar-refractivity contribution in [1.82, 2.24) is 19.0 Å². The van der Waals surface area contributed by atoms with Crippen LogP contribution in [0.5, 0.6) is 5.75 Å². The summed E-state index contributed by atoms with van der Waals surface area (Å²) in [5, 5.41) is 4.29. The lowest BCUT2D eigenvalue weighted by atomic mass is 9.99. The number of nitrogens with zero attached hydrogens (tertiary/aromatic N) is 4. The Morgan fingerprint density at radius 1 is 1.15 bits per heavy atom. The van der Waals surface area contributed by atoms with Crippen LogP contribution in [0.1, 0.15) is 29.7 Å². The van der Waals surface area contributed by atoms with Crippen LogP contribution in [0.3, 0.4) is 0 Å². The number of aromatic nitrogens is 2. The van der Waals surface area contributed by atoms with Crippen LogP contribution in [-0.4, -0.2) is 53.4 Å². The highest BCUT2D eigenvalue weighted by atomic mass is 32.2. The molecule has 1 fully saturated rings. The van der Waals surface area contributed by atoms with Gasteiger partial charge in [-0.05, 0) is 48.1 Å². The molecule has 0 bridgehead atoms. The molecule has 0 spiro atoms. The van der Waals surface area contributed by atoms with E-state index in [1.165, 1.54) is 34.0 Å². The van der Waals surface area contributed by atoms with Crippen molar-refractivity contribution in [2.45, 2.75) is 32.5 Å². The van der Waals surface area contributed by atoms with Crippen LogP contribution in [-0.2, 0) is 29.7 Å². The molecule has 0 amide bonds. The first-order valence-electron chi connectivity index (χ1n) is 11.4. The summed E-state index contributed by atoms with van der Waals surface area (Å²) < 4.78 is 38.0. The summed E-state index contributed by atoms with van der Waals surface area (Å²) in [5.41, 5.74) is 3.34. The van der Waals surface area contributed by atoms with Crippen molar-refractivity contribution in [2.24, 2.45) is 5.92 Å². The highest BCUT2D eigenvalue weighted by Crippen LogP contribution is 2.26. The number of fused-ring (bicyclic) bond motifs is 1. The van der Waals surface area contributed by atoms with E-state index in [1.54, 1.807) is 6.20 Å². The number of benzene rings is 1. The monoisotopic (exact) mass is 484 g/mol. The molecule has 2 aliphatic heterocycles. The molecule has 0 saturated carbocycles. The van der Waals surface area contributed by atoms with Gasteiger partial charge in [-0.2, -0.15) is 5.10 Å². The molecule has 0 unspecified atom stereocenters. The van der Waals surface area contributed by atoms with Gasteiger partial charge in [0, 0.05) is 44.6 Å². The first-order chi connectivity index (χ1) is 16.3. The molecule has 180 valence electrons. The maximum Gasteiger partial charge on any atom is 0.227 e. The molecule has 0 radical (unpaired) electrons. The zero-order valence-electron chi connectivity index (χ0n) is 19.1. The van der Waals surface area contributed by atoms with E-state index in [2.05, 4.69) is 28.2 Å². The van der Waals surface area contributed by atoms with Crippen LogP contribution < -0.4 is 10.2 Å². The molecule has 2 aromatic heterocycles. The van der Waals surface area contributed by atoms with Gasteiger partial charge < -0.3 is 9.15 Å². The number of hydrogen-bond acceptors (Lipinski definition) is 7. The summed E-state index contributed by atoms with van der Waals surface area (Å²) in [6.45, 7) is 3.46. The highest BCUT2D eigenvalue weighted by Gasteiger charge is 2.25. The van der Waals surface area contributed by atoms with E-state index in [0.717, 1.165) is 18.8 Å². The second-order valence-electron chi connectivity index (χ2n) is 9.04. The van der Waals surface area contributed by atoms with Gasteiger partial charge in [-0.3, -0.25) is 9.69 Å². The number of ether oxygens (including phenoxy) is 1. The van der Waals surface area contributed by atoms with Crippen molar-refractivity contribution >= 4 is 10.0 Å². The minimum Gasteiger partial charge on any atom is -0.486 e. The fraction of sp³-hybridized carbons (Fsp3) is 0.417. The van der Waals surface area contributed by atoms with Gasteiger partial charge >= 0.3 is 0 Å². The third-order valence-electron chi connectivity index (χ3n) is 6.50. The summed E-state index contributed by atoms with van der Waals surface area (Å²) in [7, 11) is -3.15.